The molecule has 0 unspecified atom stereocenters. The van der Waals surface area contributed by atoms with Gasteiger partial charge in [0.2, 0.25) is 5.91 Å². The summed E-state index contributed by atoms with van der Waals surface area (Å²) in [4.78, 5) is 18.0. The van der Waals surface area contributed by atoms with Gasteiger partial charge in [0.05, 0.1) is 12.1 Å². The first kappa shape index (κ1) is 17.3. The maximum absolute atomic E-state index is 12.5. The van der Waals surface area contributed by atoms with Crippen LogP contribution in [0.2, 0.25) is 5.02 Å². The van der Waals surface area contributed by atoms with Crippen LogP contribution in [0.5, 0.6) is 0 Å². The zero-order chi connectivity index (χ0) is 18.1. The standard InChI is InChI=1S/C20H18ClN3OS/c21-17-4-2-1-3-13(17)9-19(25)24-14-10-16-15(18(11-14)26-22)7-8-23-20(16)12-5-6-12/h1-4,7-8,10-12H,5-6,9,22H2,(H,24,25). The molecule has 1 amide bonds. The number of nitrogens with two attached hydrogens (primary N) is 1. The van der Waals surface area contributed by atoms with E-state index in [0.29, 0.717) is 10.9 Å². The van der Waals surface area contributed by atoms with Gasteiger partial charge in [0.15, 0.2) is 0 Å². The van der Waals surface area contributed by atoms with Crippen LogP contribution in [0.15, 0.2) is 53.6 Å². The van der Waals surface area contributed by atoms with Crippen molar-refractivity contribution >= 4 is 45.9 Å². The van der Waals surface area contributed by atoms with Crippen molar-refractivity contribution in [2.24, 2.45) is 5.14 Å². The lowest BCUT2D eigenvalue weighted by Crippen LogP contribution is -2.14. The Balaban J connectivity index is 1.65. The fourth-order valence-electron chi connectivity index (χ4n) is 3.14. The van der Waals surface area contributed by atoms with E-state index in [1.807, 2.05) is 42.6 Å². The molecule has 1 heterocycles. The maximum atomic E-state index is 12.5. The van der Waals surface area contributed by atoms with Crippen LogP contribution in [0.25, 0.3) is 10.8 Å². The molecule has 0 atom stereocenters. The first-order valence-corrected chi connectivity index (χ1v) is 9.74. The summed E-state index contributed by atoms with van der Waals surface area (Å²) in [6.45, 7) is 0. The Labute approximate surface area is 161 Å². The van der Waals surface area contributed by atoms with Crippen LogP contribution < -0.4 is 10.5 Å². The number of anilines is 1. The zero-order valence-corrected chi connectivity index (χ0v) is 15.6. The van der Waals surface area contributed by atoms with Crippen LogP contribution in [0.3, 0.4) is 0 Å². The van der Waals surface area contributed by atoms with Crippen molar-refractivity contribution in [3.05, 3.63) is 64.9 Å². The Morgan fingerprint density at radius 2 is 2.04 bits per heavy atom. The van der Waals surface area contributed by atoms with E-state index in [1.165, 1.54) is 24.8 Å². The molecule has 3 aromatic rings. The van der Waals surface area contributed by atoms with Crippen molar-refractivity contribution in [1.29, 1.82) is 0 Å². The van der Waals surface area contributed by atoms with Gasteiger partial charge in [-0.05, 0) is 54.6 Å². The third kappa shape index (κ3) is 3.56. The number of carbonyl (C=O) groups excluding carboxylic acids is 1. The summed E-state index contributed by atoms with van der Waals surface area (Å²) in [5.41, 5.74) is 2.64. The quantitative estimate of drug-likeness (QED) is 0.614. The highest BCUT2D eigenvalue weighted by Gasteiger charge is 2.27. The molecule has 1 fully saturated rings. The van der Waals surface area contributed by atoms with Gasteiger partial charge in [-0.3, -0.25) is 14.9 Å². The summed E-state index contributed by atoms with van der Waals surface area (Å²) in [5.74, 6) is 0.408. The lowest BCUT2D eigenvalue weighted by molar-refractivity contribution is -0.115. The molecular formula is C20H18ClN3OS. The third-order valence-electron chi connectivity index (χ3n) is 4.56. The molecule has 0 radical (unpaired) electrons. The van der Waals surface area contributed by atoms with Crippen LogP contribution in [-0.2, 0) is 11.2 Å². The van der Waals surface area contributed by atoms with Gasteiger partial charge in [0.1, 0.15) is 0 Å². The molecule has 0 aliphatic heterocycles. The number of nitrogens with one attached hydrogen (secondary N) is 1. The van der Waals surface area contributed by atoms with Crippen molar-refractivity contribution in [2.75, 3.05) is 5.32 Å². The molecule has 4 rings (SSSR count). The van der Waals surface area contributed by atoms with Crippen molar-refractivity contribution in [3.8, 4) is 0 Å². The number of halogens is 1. The SMILES string of the molecule is NSc1cc(NC(=O)Cc2ccccc2Cl)cc2c(C3CC3)nccc12. The molecule has 3 N–H and O–H groups in total. The zero-order valence-electron chi connectivity index (χ0n) is 14.0. The third-order valence-corrected chi connectivity index (χ3v) is 5.52. The Morgan fingerprint density at radius 3 is 2.77 bits per heavy atom. The van der Waals surface area contributed by atoms with E-state index in [2.05, 4.69) is 10.3 Å². The van der Waals surface area contributed by atoms with E-state index in [0.717, 1.165) is 32.6 Å². The second kappa shape index (κ2) is 7.27. The molecule has 1 aromatic heterocycles. The minimum absolute atomic E-state index is 0.109. The predicted octanol–water partition coefficient (Wildman–Crippen LogP) is 4.91. The molecule has 132 valence electrons. The van der Waals surface area contributed by atoms with Gasteiger partial charge in [-0.1, -0.05) is 29.8 Å². The lowest BCUT2D eigenvalue weighted by atomic mass is 10.1. The number of nitrogens with zero attached hydrogens (tertiary/aromatic N) is 1. The highest BCUT2D eigenvalue weighted by molar-refractivity contribution is 7.97. The highest BCUT2D eigenvalue weighted by Crippen LogP contribution is 2.43. The smallest absolute Gasteiger partial charge is 0.228 e. The number of hydrogen-bond acceptors (Lipinski definition) is 4. The van der Waals surface area contributed by atoms with Crippen molar-refractivity contribution < 1.29 is 4.79 Å². The minimum Gasteiger partial charge on any atom is -0.326 e. The number of benzene rings is 2. The van der Waals surface area contributed by atoms with E-state index in [1.54, 1.807) is 6.07 Å². The summed E-state index contributed by atoms with van der Waals surface area (Å²) in [6.07, 6.45) is 4.40. The lowest BCUT2D eigenvalue weighted by Gasteiger charge is -2.12. The number of carbonyl (C=O) groups is 1. The van der Waals surface area contributed by atoms with Crippen molar-refractivity contribution in [2.45, 2.75) is 30.1 Å². The first-order chi connectivity index (χ1) is 12.7. The summed E-state index contributed by atoms with van der Waals surface area (Å²) < 4.78 is 0. The van der Waals surface area contributed by atoms with Gasteiger partial charge in [-0.25, -0.2) is 0 Å². The average molecular weight is 384 g/mol. The summed E-state index contributed by atoms with van der Waals surface area (Å²) in [5, 5.41) is 11.6. The second-order valence-electron chi connectivity index (χ2n) is 6.47. The second-order valence-corrected chi connectivity index (χ2v) is 7.56. The van der Waals surface area contributed by atoms with E-state index in [4.69, 9.17) is 16.7 Å². The summed E-state index contributed by atoms with van der Waals surface area (Å²) in [6, 6.07) is 13.3. The Morgan fingerprint density at radius 1 is 1.23 bits per heavy atom. The molecule has 6 heteroatoms. The number of pyridine rings is 1. The molecule has 26 heavy (non-hydrogen) atoms. The predicted molar refractivity (Wildman–Crippen MR) is 108 cm³/mol. The van der Waals surface area contributed by atoms with Crippen LogP contribution in [-0.4, -0.2) is 10.9 Å². The van der Waals surface area contributed by atoms with Crippen molar-refractivity contribution in [3.63, 3.8) is 0 Å². The van der Waals surface area contributed by atoms with Crippen LogP contribution in [0.4, 0.5) is 5.69 Å². The normalized spacial score (nSPS) is 13.8. The highest BCUT2D eigenvalue weighted by atomic mass is 35.5. The monoisotopic (exact) mass is 383 g/mol. The Kier molecular flexibility index (Phi) is 4.85. The van der Waals surface area contributed by atoms with Gasteiger partial charge in [-0.15, -0.1) is 0 Å². The molecule has 1 saturated carbocycles. The molecule has 1 aliphatic rings. The molecule has 0 spiro atoms. The van der Waals surface area contributed by atoms with E-state index in [9.17, 15) is 4.79 Å². The molecule has 0 bridgehead atoms. The molecular weight excluding hydrogens is 366 g/mol. The average Bonchev–Trinajstić information content (AvgIpc) is 3.47. The molecule has 0 saturated heterocycles. The number of rotatable bonds is 5. The topological polar surface area (TPSA) is 68.0 Å². The molecule has 1 aliphatic carbocycles. The summed E-state index contributed by atoms with van der Waals surface area (Å²) >= 11 is 7.34. The number of fused-ring (bicyclic) bond motifs is 1. The Hall–Kier alpha value is -2.08. The van der Waals surface area contributed by atoms with Gasteiger partial charge < -0.3 is 5.32 Å². The number of aromatic nitrogens is 1. The first-order valence-electron chi connectivity index (χ1n) is 8.48. The fraction of sp³-hybridized carbons (Fsp3) is 0.200. The molecule has 2 aromatic carbocycles. The van der Waals surface area contributed by atoms with Gasteiger partial charge in [0.25, 0.3) is 0 Å². The van der Waals surface area contributed by atoms with Gasteiger partial charge >= 0.3 is 0 Å². The fourth-order valence-corrected chi connectivity index (χ4v) is 3.85. The number of amides is 1. The molecule has 4 nitrogen and oxygen atoms in total. The maximum Gasteiger partial charge on any atom is 0.228 e. The summed E-state index contributed by atoms with van der Waals surface area (Å²) in [7, 11) is 0. The van der Waals surface area contributed by atoms with E-state index < -0.39 is 0 Å². The van der Waals surface area contributed by atoms with Crippen LogP contribution in [0, 0.1) is 0 Å². The van der Waals surface area contributed by atoms with E-state index >= 15 is 0 Å². The largest absolute Gasteiger partial charge is 0.326 e. The minimum atomic E-state index is -0.109. The van der Waals surface area contributed by atoms with Crippen LogP contribution >= 0.6 is 23.5 Å². The van der Waals surface area contributed by atoms with Crippen LogP contribution in [0.1, 0.15) is 30.0 Å². The van der Waals surface area contributed by atoms with E-state index in [-0.39, 0.29) is 12.3 Å². The number of hydrogen-bond donors (Lipinski definition) is 2. The van der Waals surface area contributed by atoms with Gasteiger partial charge in [-0.2, -0.15) is 0 Å². The Bertz CT molecular complexity index is 988. The van der Waals surface area contributed by atoms with Gasteiger partial charge in [0, 0.05) is 38.5 Å². The van der Waals surface area contributed by atoms with Crippen molar-refractivity contribution in [1.82, 2.24) is 4.98 Å².